The highest BCUT2D eigenvalue weighted by molar-refractivity contribution is 5.79. The van der Waals surface area contributed by atoms with E-state index in [0.29, 0.717) is 0 Å². The van der Waals surface area contributed by atoms with Crippen molar-refractivity contribution in [2.75, 3.05) is 0 Å². The Labute approximate surface area is 65.8 Å². The molecule has 1 radical (unpaired) electrons. The minimum Gasteiger partial charge on any atom is -0.447 e. The van der Waals surface area contributed by atoms with E-state index in [1.54, 1.807) is 12.3 Å². The molecule has 0 aliphatic rings. The van der Waals surface area contributed by atoms with E-state index in [4.69, 9.17) is 5.26 Å². The van der Waals surface area contributed by atoms with Crippen molar-refractivity contribution in [2.45, 2.75) is 0 Å². The van der Waals surface area contributed by atoms with Crippen molar-refractivity contribution in [3.8, 4) is 6.07 Å². The molecule has 1 aromatic rings. The topological polar surface area (TPSA) is 36.1 Å². The molecule has 0 heterocycles. The number of aliphatic imine (C=N–C) groups is 1. The molecule has 1 aromatic carbocycles. The monoisotopic (exact) mass is 142 g/mol. The molecule has 0 N–H and O–H groups in total. The zero-order valence-electron chi connectivity index (χ0n) is 5.86. The van der Waals surface area contributed by atoms with Crippen LogP contribution in [0.2, 0.25) is 0 Å². The van der Waals surface area contributed by atoms with E-state index in [9.17, 15) is 0 Å². The second kappa shape index (κ2) is 4.13. The zero-order chi connectivity index (χ0) is 7.94. The van der Waals surface area contributed by atoms with E-state index in [0.717, 1.165) is 5.56 Å². The Morgan fingerprint density at radius 2 is 2.09 bits per heavy atom. The van der Waals surface area contributed by atoms with Crippen LogP contribution >= 0.6 is 0 Å². The fraction of sp³-hybridized carbons (Fsp3) is 0. The Kier molecular flexibility index (Phi) is 2.76. The summed E-state index contributed by atoms with van der Waals surface area (Å²) in [7, 11) is 0. The fourth-order valence-electron chi connectivity index (χ4n) is 0.675. The molecular formula is C9H6N2-. The van der Waals surface area contributed by atoms with Gasteiger partial charge >= 0.3 is 0 Å². The van der Waals surface area contributed by atoms with Crippen molar-refractivity contribution < 1.29 is 0 Å². The van der Waals surface area contributed by atoms with Crippen LogP contribution in [0.4, 0.5) is 0 Å². The highest BCUT2D eigenvalue weighted by Crippen LogP contribution is 1.93. The first-order valence-corrected chi connectivity index (χ1v) is 3.15. The van der Waals surface area contributed by atoms with E-state index in [2.05, 4.69) is 11.5 Å². The molecule has 0 aliphatic carbocycles. The van der Waals surface area contributed by atoms with Crippen LogP contribution < -0.4 is 0 Å². The van der Waals surface area contributed by atoms with Crippen LogP contribution in [-0.4, -0.2) is 6.21 Å². The molecule has 2 nitrogen and oxygen atoms in total. The maximum absolute atomic E-state index is 8.07. The third kappa shape index (κ3) is 2.55. The molecule has 0 bridgehead atoms. The first-order valence-electron chi connectivity index (χ1n) is 3.15. The first kappa shape index (κ1) is 7.36. The summed E-state index contributed by atoms with van der Waals surface area (Å²) < 4.78 is 0. The van der Waals surface area contributed by atoms with E-state index in [-0.39, 0.29) is 0 Å². The summed E-state index contributed by atoms with van der Waals surface area (Å²) in [6, 6.07) is 11.2. The van der Waals surface area contributed by atoms with Gasteiger partial charge in [0.2, 0.25) is 0 Å². The van der Waals surface area contributed by atoms with Crippen molar-refractivity contribution in [3.05, 3.63) is 42.4 Å². The number of hydrogen-bond donors (Lipinski definition) is 0. The summed E-state index contributed by atoms with van der Waals surface area (Å²) in [6.45, 7) is 2.17. The highest BCUT2D eigenvalue weighted by Gasteiger charge is 1.74. The summed E-state index contributed by atoms with van der Waals surface area (Å²) in [6.07, 6.45) is 1.59. The Balaban J connectivity index is 2.59. The summed E-state index contributed by atoms with van der Waals surface area (Å²) in [5, 5.41) is 8.07. The summed E-state index contributed by atoms with van der Waals surface area (Å²) in [4.78, 5) is 3.62. The van der Waals surface area contributed by atoms with Crippen LogP contribution in [-0.2, 0) is 0 Å². The van der Waals surface area contributed by atoms with Crippen LogP contribution in [0.3, 0.4) is 0 Å². The van der Waals surface area contributed by atoms with E-state index in [1.807, 2.05) is 30.3 Å². The molecule has 11 heavy (non-hydrogen) atoms. The molecular weight excluding hydrogens is 136 g/mol. The largest absolute Gasteiger partial charge is 0.447 e. The first-order chi connectivity index (χ1) is 5.43. The quantitative estimate of drug-likeness (QED) is 0.457. The SMILES string of the molecule is N#C[C-]N=Cc1ccccc1. The molecule has 0 fully saturated rings. The van der Waals surface area contributed by atoms with Crippen molar-refractivity contribution in [3.63, 3.8) is 0 Å². The number of nitrogens with zero attached hydrogens (tertiary/aromatic N) is 2. The summed E-state index contributed by atoms with van der Waals surface area (Å²) >= 11 is 0. The third-order valence-electron chi connectivity index (χ3n) is 1.13. The predicted octanol–water partition coefficient (Wildman–Crippen LogP) is 1.67. The maximum atomic E-state index is 8.07. The fourth-order valence-corrected chi connectivity index (χ4v) is 0.675. The number of benzene rings is 1. The van der Waals surface area contributed by atoms with Gasteiger partial charge in [-0.3, -0.25) is 0 Å². The van der Waals surface area contributed by atoms with Crippen LogP contribution in [0.15, 0.2) is 35.3 Å². The molecule has 0 aromatic heterocycles. The number of nitriles is 1. The van der Waals surface area contributed by atoms with E-state index >= 15 is 0 Å². The van der Waals surface area contributed by atoms with Crippen LogP contribution in [0.5, 0.6) is 0 Å². The van der Waals surface area contributed by atoms with Gasteiger partial charge in [-0.25, -0.2) is 5.26 Å². The molecule has 0 aliphatic heterocycles. The highest BCUT2D eigenvalue weighted by atomic mass is 14.7. The Morgan fingerprint density at radius 1 is 1.36 bits per heavy atom. The lowest BCUT2D eigenvalue weighted by Crippen LogP contribution is -1.77. The lowest BCUT2D eigenvalue weighted by molar-refractivity contribution is 1.40. The Hall–Kier alpha value is -1.75. The second-order valence-electron chi connectivity index (χ2n) is 1.89. The van der Waals surface area contributed by atoms with Crippen molar-refractivity contribution in [2.24, 2.45) is 4.99 Å². The molecule has 0 saturated carbocycles. The summed E-state index contributed by atoms with van der Waals surface area (Å²) in [5.74, 6) is 0. The van der Waals surface area contributed by atoms with Gasteiger partial charge in [-0.15, -0.1) is 6.21 Å². The summed E-state index contributed by atoms with van der Waals surface area (Å²) in [5.41, 5.74) is 0.968. The predicted molar refractivity (Wildman–Crippen MR) is 42.9 cm³/mol. The molecule has 1 rings (SSSR count). The average Bonchev–Trinajstić information content (AvgIpc) is 2.07. The molecule has 0 unspecified atom stereocenters. The number of hydrogen-bond acceptors (Lipinski definition) is 2. The lowest BCUT2D eigenvalue weighted by Gasteiger charge is -1.95. The van der Waals surface area contributed by atoms with Crippen molar-refractivity contribution in [1.82, 2.24) is 0 Å². The van der Waals surface area contributed by atoms with Crippen molar-refractivity contribution in [1.29, 1.82) is 5.26 Å². The molecule has 0 saturated heterocycles. The zero-order valence-corrected chi connectivity index (χ0v) is 5.86. The molecule has 0 amide bonds. The van der Waals surface area contributed by atoms with Gasteiger partial charge in [-0.1, -0.05) is 42.4 Å². The van der Waals surface area contributed by atoms with Crippen LogP contribution in [0.1, 0.15) is 5.56 Å². The van der Waals surface area contributed by atoms with Gasteiger partial charge < -0.3 is 4.99 Å². The smallest absolute Gasteiger partial charge is 0.00125 e. The van der Waals surface area contributed by atoms with Gasteiger partial charge in [0.25, 0.3) is 0 Å². The minimum absolute atomic E-state index is 0.968. The minimum atomic E-state index is 0.968. The van der Waals surface area contributed by atoms with Gasteiger partial charge in [0.1, 0.15) is 0 Å². The molecule has 53 valence electrons. The van der Waals surface area contributed by atoms with Crippen LogP contribution in [0.25, 0.3) is 0 Å². The van der Waals surface area contributed by atoms with E-state index in [1.165, 1.54) is 0 Å². The van der Waals surface area contributed by atoms with Crippen LogP contribution in [0, 0.1) is 17.9 Å². The average molecular weight is 142 g/mol. The Morgan fingerprint density at radius 3 is 2.73 bits per heavy atom. The Bertz CT molecular complexity index is 269. The lowest BCUT2D eigenvalue weighted by atomic mass is 10.2. The molecule has 0 spiro atoms. The molecule has 0 atom stereocenters. The normalized spacial score (nSPS) is 9.36. The van der Waals surface area contributed by atoms with Crippen molar-refractivity contribution >= 4 is 6.21 Å². The van der Waals surface area contributed by atoms with Gasteiger partial charge in [0, 0.05) is 6.07 Å². The molecule has 2 heteroatoms. The van der Waals surface area contributed by atoms with Gasteiger partial charge in [0.15, 0.2) is 0 Å². The second-order valence-corrected chi connectivity index (χ2v) is 1.89. The van der Waals surface area contributed by atoms with Gasteiger partial charge in [0.05, 0.1) is 0 Å². The third-order valence-corrected chi connectivity index (χ3v) is 1.13. The maximum Gasteiger partial charge on any atom is 0.00125 e. The van der Waals surface area contributed by atoms with E-state index < -0.39 is 0 Å². The number of rotatable bonds is 2. The standard InChI is InChI=1S/C9H6N2/c10-6-7-11-8-9-4-2-1-3-5-9/h1-5,8H/q-1. The van der Waals surface area contributed by atoms with Gasteiger partial charge in [-0.05, 0) is 0 Å². The van der Waals surface area contributed by atoms with Gasteiger partial charge in [-0.2, -0.15) is 0 Å².